The van der Waals surface area contributed by atoms with Gasteiger partial charge in [-0.2, -0.15) is 0 Å². The number of aliphatic carboxylic acids is 1. The zero-order valence-electron chi connectivity index (χ0n) is 14.7. The van der Waals surface area contributed by atoms with E-state index in [0.29, 0.717) is 5.01 Å². The summed E-state index contributed by atoms with van der Waals surface area (Å²) in [7, 11) is -3.96. The fourth-order valence-corrected chi connectivity index (χ4v) is 6.31. The Bertz CT molecular complexity index is 880. The molecule has 0 bridgehead atoms. The number of ether oxygens (including phenoxy) is 2. The molecule has 2 fully saturated rings. The minimum Gasteiger partial charge on any atom is -0.480 e. The molecule has 0 aromatic carbocycles. The SMILES string of the molecule is CC(OC(=O)OCC1C(=O)N2[C@@H](C(=O)O)C(C)(C)S(=O)(=O)[C@H]12)c1nccs1. The van der Waals surface area contributed by atoms with Gasteiger partial charge in [0.15, 0.2) is 21.3 Å². The highest BCUT2D eigenvalue weighted by molar-refractivity contribution is 7.93. The van der Waals surface area contributed by atoms with Gasteiger partial charge in [0.1, 0.15) is 23.6 Å². The topological polar surface area (TPSA) is 140 Å². The van der Waals surface area contributed by atoms with Crippen LogP contribution >= 0.6 is 11.3 Å². The van der Waals surface area contributed by atoms with E-state index in [1.807, 2.05) is 0 Å². The number of hydrogen-bond donors (Lipinski definition) is 1. The lowest BCUT2D eigenvalue weighted by Gasteiger charge is -2.42. The van der Waals surface area contributed by atoms with E-state index in [4.69, 9.17) is 9.47 Å². The van der Waals surface area contributed by atoms with Crippen LogP contribution in [0.5, 0.6) is 0 Å². The smallest absolute Gasteiger partial charge is 0.480 e. The number of nitrogens with zero attached hydrogens (tertiary/aromatic N) is 2. The first-order valence-electron chi connectivity index (χ1n) is 8.01. The molecule has 0 radical (unpaired) electrons. The largest absolute Gasteiger partial charge is 0.508 e. The third-order valence-electron chi connectivity index (χ3n) is 4.86. The van der Waals surface area contributed by atoms with E-state index in [9.17, 15) is 27.9 Å². The molecule has 0 saturated carbocycles. The van der Waals surface area contributed by atoms with Crippen LogP contribution in [0.3, 0.4) is 0 Å². The third-order valence-corrected chi connectivity index (χ3v) is 8.68. The second kappa shape index (κ2) is 6.44. The number of fused-ring (bicyclic) bond motifs is 1. The summed E-state index contributed by atoms with van der Waals surface area (Å²) >= 11 is 1.29. The maximum atomic E-state index is 12.7. The van der Waals surface area contributed by atoms with Crippen LogP contribution in [0, 0.1) is 5.92 Å². The molecule has 27 heavy (non-hydrogen) atoms. The average molecular weight is 418 g/mol. The lowest BCUT2D eigenvalue weighted by Crippen LogP contribution is -2.64. The van der Waals surface area contributed by atoms with Gasteiger partial charge in [0.25, 0.3) is 0 Å². The van der Waals surface area contributed by atoms with Gasteiger partial charge in [0.2, 0.25) is 5.91 Å². The molecular weight excluding hydrogens is 400 g/mol. The van der Waals surface area contributed by atoms with Gasteiger partial charge in [-0.05, 0) is 20.8 Å². The minimum absolute atomic E-state index is 0.509. The van der Waals surface area contributed by atoms with Crippen molar-refractivity contribution in [2.45, 2.75) is 43.0 Å². The Morgan fingerprint density at radius 2 is 2.11 bits per heavy atom. The summed E-state index contributed by atoms with van der Waals surface area (Å²) in [5.74, 6) is -3.22. The van der Waals surface area contributed by atoms with E-state index in [1.165, 1.54) is 25.2 Å². The third kappa shape index (κ3) is 2.87. The van der Waals surface area contributed by atoms with Gasteiger partial charge in [-0.3, -0.25) is 4.79 Å². The van der Waals surface area contributed by atoms with Crippen molar-refractivity contribution in [1.29, 1.82) is 0 Å². The first-order valence-corrected chi connectivity index (χ1v) is 10.4. The first kappa shape index (κ1) is 19.5. The number of aromatic nitrogens is 1. The molecule has 0 aliphatic carbocycles. The summed E-state index contributed by atoms with van der Waals surface area (Å²) in [6.45, 7) is 3.63. The fraction of sp³-hybridized carbons (Fsp3) is 0.600. The van der Waals surface area contributed by atoms with Gasteiger partial charge in [0.05, 0.1) is 4.75 Å². The molecule has 3 heterocycles. The molecule has 3 rings (SSSR count). The van der Waals surface area contributed by atoms with E-state index in [-0.39, 0.29) is 0 Å². The highest BCUT2D eigenvalue weighted by Gasteiger charge is 2.72. The highest BCUT2D eigenvalue weighted by atomic mass is 32.2. The van der Waals surface area contributed by atoms with Crippen LogP contribution in [0.2, 0.25) is 0 Å². The van der Waals surface area contributed by atoms with Crippen molar-refractivity contribution in [2.24, 2.45) is 5.92 Å². The number of amides is 1. The Morgan fingerprint density at radius 1 is 1.44 bits per heavy atom. The predicted octanol–water partition coefficient (Wildman–Crippen LogP) is 0.802. The van der Waals surface area contributed by atoms with Crippen molar-refractivity contribution in [3.8, 4) is 0 Å². The molecule has 0 spiro atoms. The zero-order valence-corrected chi connectivity index (χ0v) is 16.3. The standard InChI is InChI=1S/C15H18N2O8S2/c1-7(10-16-4-5-26-10)25-14(21)24-6-8-11(18)17-9(13(19)20)15(2,3)27(22,23)12(8)17/h4-5,7-9,12H,6H2,1-3H3,(H,19,20)/t7?,8?,9-,12+/m0/s1. The molecule has 12 heteroatoms. The summed E-state index contributed by atoms with van der Waals surface area (Å²) in [4.78, 5) is 40.4. The van der Waals surface area contributed by atoms with Gasteiger partial charge >= 0.3 is 12.1 Å². The summed E-state index contributed by atoms with van der Waals surface area (Å²) in [6, 6.07) is -1.48. The molecule has 4 atom stereocenters. The maximum absolute atomic E-state index is 12.7. The quantitative estimate of drug-likeness (QED) is 0.543. The van der Waals surface area contributed by atoms with Crippen LogP contribution in [0.15, 0.2) is 11.6 Å². The van der Waals surface area contributed by atoms with E-state index in [0.717, 1.165) is 4.90 Å². The van der Waals surface area contributed by atoms with Crippen LogP contribution in [-0.4, -0.2) is 64.2 Å². The summed E-state index contributed by atoms with van der Waals surface area (Å²) in [5.41, 5.74) is 0. The number of β-lactam (4-membered cyclic amide) rings is 1. The number of rotatable bonds is 5. The lowest BCUT2D eigenvalue weighted by molar-refractivity contribution is -0.165. The number of sulfone groups is 1. The monoisotopic (exact) mass is 418 g/mol. The number of carboxylic acid groups (broad SMARTS) is 1. The predicted molar refractivity (Wildman–Crippen MR) is 91.5 cm³/mol. The molecule has 1 amide bonds. The zero-order chi connectivity index (χ0) is 20.1. The van der Waals surface area contributed by atoms with Crippen molar-refractivity contribution < 1.29 is 37.4 Å². The lowest BCUT2D eigenvalue weighted by atomic mass is 9.92. The Hall–Kier alpha value is -2.21. The average Bonchev–Trinajstić information content (AvgIpc) is 3.13. The van der Waals surface area contributed by atoms with E-state index < -0.39 is 62.7 Å². The van der Waals surface area contributed by atoms with Gasteiger partial charge in [-0.25, -0.2) is 23.0 Å². The van der Waals surface area contributed by atoms with Crippen LogP contribution < -0.4 is 0 Å². The number of carbonyl (C=O) groups is 3. The summed E-state index contributed by atoms with van der Waals surface area (Å²) in [5, 5.41) is 10.3. The molecule has 2 aliphatic rings. The van der Waals surface area contributed by atoms with Gasteiger partial charge in [0, 0.05) is 11.6 Å². The first-order chi connectivity index (χ1) is 12.5. The van der Waals surface area contributed by atoms with Crippen molar-refractivity contribution in [1.82, 2.24) is 9.88 Å². The molecule has 2 unspecified atom stereocenters. The Labute approximate surface area is 159 Å². The van der Waals surface area contributed by atoms with Gasteiger partial charge in [-0.1, -0.05) is 0 Å². The van der Waals surface area contributed by atoms with Crippen LogP contribution in [0.4, 0.5) is 4.79 Å². The number of carbonyl (C=O) groups excluding carboxylic acids is 2. The number of thiazole rings is 1. The van der Waals surface area contributed by atoms with Gasteiger partial charge < -0.3 is 19.5 Å². The van der Waals surface area contributed by atoms with Crippen molar-refractivity contribution in [3.63, 3.8) is 0 Å². The van der Waals surface area contributed by atoms with Crippen LogP contribution in [-0.2, 0) is 28.9 Å². The Balaban J connectivity index is 1.67. The minimum atomic E-state index is -3.96. The van der Waals surface area contributed by atoms with Crippen molar-refractivity contribution in [2.75, 3.05) is 6.61 Å². The molecule has 148 valence electrons. The normalized spacial score (nSPS) is 28.8. The molecular formula is C15H18N2O8S2. The Kier molecular flexibility index (Phi) is 4.67. The molecule has 2 saturated heterocycles. The number of carboxylic acids is 1. The van der Waals surface area contributed by atoms with E-state index in [2.05, 4.69) is 4.98 Å². The maximum Gasteiger partial charge on any atom is 0.508 e. The molecule has 2 aliphatic heterocycles. The molecule has 1 aromatic heterocycles. The fourth-order valence-electron chi connectivity index (χ4n) is 3.38. The second-order valence-electron chi connectivity index (χ2n) is 6.82. The second-order valence-corrected chi connectivity index (χ2v) is 10.4. The van der Waals surface area contributed by atoms with Gasteiger partial charge in [-0.15, -0.1) is 11.3 Å². The van der Waals surface area contributed by atoms with E-state index in [1.54, 1.807) is 18.5 Å². The van der Waals surface area contributed by atoms with Crippen molar-refractivity contribution in [3.05, 3.63) is 16.6 Å². The van der Waals surface area contributed by atoms with Crippen LogP contribution in [0.1, 0.15) is 31.9 Å². The van der Waals surface area contributed by atoms with Crippen LogP contribution in [0.25, 0.3) is 0 Å². The Morgan fingerprint density at radius 3 is 2.67 bits per heavy atom. The van der Waals surface area contributed by atoms with Crippen molar-refractivity contribution >= 4 is 39.2 Å². The van der Waals surface area contributed by atoms with E-state index >= 15 is 0 Å². The molecule has 1 N–H and O–H groups in total. The highest BCUT2D eigenvalue weighted by Crippen LogP contribution is 2.48. The summed E-state index contributed by atoms with van der Waals surface area (Å²) in [6.07, 6.45) is -0.164. The molecule has 1 aromatic rings. The molecule has 10 nitrogen and oxygen atoms in total. The number of hydrogen-bond acceptors (Lipinski definition) is 9. The summed E-state index contributed by atoms with van der Waals surface area (Å²) < 4.78 is 33.7.